The molecule has 47 nitrogen and oxygen atoms in total. The molecule has 0 aromatic carbocycles. The van der Waals surface area contributed by atoms with Crippen LogP contribution in [-0.2, 0) is 103 Å². The molecule has 6 aliphatic heterocycles. The average Bonchev–Trinajstić information content (AvgIpc) is 0.770. The van der Waals surface area contributed by atoms with Crippen LogP contribution >= 0.6 is 15.6 Å². The number of aliphatic hydroxyl groups is 21. The van der Waals surface area contributed by atoms with Gasteiger partial charge in [0.2, 0.25) is 0 Å². The monoisotopic (exact) mass is 1850 g/mol. The second kappa shape index (κ2) is 54.2. The molecule has 728 valence electrons. The predicted molar refractivity (Wildman–Crippen MR) is 415 cm³/mol. The van der Waals surface area contributed by atoms with Gasteiger partial charge in [-0.2, -0.15) is 0 Å². The van der Waals surface area contributed by atoms with Crippen molar-refractivity contribution in [1.82, 2.24) is 0 Å². The maximum Gasteiger partial charge on any atom is 0.472 e. The van der Waals surface area contributed by atoms with Crippen molar-refractivity contribution < 1.29 is 220 Å². The third-order valence-electron chi connectivity index (χ3n) is 22.8. The Hall–Kier alpha value is -2.24. The molecule has 1 aliphatic carbocycles. The fourth-order valence-corrected chi connectivity index (χ4v) is 17.0. The van der Waals surface area contributed by atoms with Gasteiger partial charge in [0.25, 0.3) is 0 Å². The van der Waals surface area contributed by atoms with Gasteiger partial charge in [-0.1, -0.05) is 142 Å². The number of aliphatic hydroxyl groups excluding tert-OH is 21. The van der Waals surface area contributed by atoms with Crippen molar-refractivity contribution in [2.75, 3.05) is 66.0 Å². The van der Waals surface area contributed by atoms with Crippen molar-refractivity contribution in [3.05, 3.63) is 0 Å². The highest BCUT2D eigenvalue weighted by Crippen LogP contribution is 2.49. The lowest BCUT2D eigenvalue weighted by Gasteiger charge is -2.50. The molecule has 124 heavy (non-hydrogen) atoms. The first-order valence-corrected chi connectivity index (χ1v) is 45.9. The molecule has 39 atom stereocenters. The molecule has 0 aromatic heterocycles. The van der Waals surface area contributed by atoms with E-state index in [1.54, 1.807) is 0 Å². The normalized spacial score (nSPS) is 39.9. The topological polar surface area (TPSA) is 752 Å². The summed E-state index contributed by atoms with van der Waals surface area (Å²) in [7, 11) is -10.6. The Morgan fingerprint density at radius 1 is 0.339 bits per heavy atom. The molecule has 2 unspecified atom stereocenters. The van der Waals surface area contributed by atoms with Crippen LogP contribution in [0.3, 0.4) is 0 Å². The number of phosphoric ester groups is 2. The number of hydrogen-bond acceptors (Lipinski definition) is 45. The van der Waals surface area contributed by atoms with E-state index in [2.05, 4.69) is 18.4 Å². The van der Waals surface area contributed by atoms with E-state index >= 15 is 0 Å². The summed E-state index contributed by atoms with van der Waals surface area (Å²) in [5.41, 5.74) is 11.9. The van der Waals surface area contributed by atoms with E-state index in [0.717, 1.165) is 83.5 Å². The SMILES string of the molecule is CCCCCCCCCCCCCC(=O)OC[C@H](COP(=O)(O)O[C@@H]1[C@H](O)[C@H](O)[C@@H](O)[C@H](O)[C@H]1O[C@H]1O[C@H](CO)[C@@H](O[C@H]2O[C@H](CO[C@H]3O[C@H](CO)[C@@H](O)[C@H](O)[C@@H]3O[C@H]3O[C@H](COP(=O)(O)OCCN)[C@@H](O)[C@H](O)[C@@H]3O)[C@@H](O)[C@H](O[C@H]3O[C@H](CO[C@H]4O[C@H](CO)[C@H](O)[C@H](O)[C@H]4O)[C@H](O)[C@H](O)[C@H]3O)[C@@H]2O)[C@H](O)[C@H]1N)OC(=O)CCCCCCCCCCCCC. The van der Waals surface area contributed by atoms with E-state index in [0.29, 0.717) is 19.3 Å². The quantitative estimate of drug-likeness (QED) is 0.0153. The zero-order chi connectivity index (χ0) is 91.3. The molecule has 6 saturated heterocycles. The number of carbonyl (C=O) groups excluding carboxylic acids is 2. The Labute approximate surface area is 717 Å². The molecule has 7 aliphatic rings. The second-order valence-electron chi connectivity index (χ2n) is 32.4. The fourth-order valence-electron chi connectivity index (χ4n) is 15.2. The van der Waals surface area contributed by atoms with Gasteiger partial charge in [-0.25, -0.2) is 9.13 Å². The van der Waals surface area contributed by atoms with E-state index in [1.807, 2.05) is 0 Å². The van der Waals surface area contributed by atoms with Gasteiger partial charge in [-0.15, -0.1) is 0 Å². The average molecular weight is 1850 g/mol. The molecule has 6 heterocycles. The highest BCUT2D eigenvalue weighted by Gasteiger charge is 2.60. The zero-order valence-electron chi connectivity index (χ0n) is 69.7. The van der Waals surface area contributed by atoms with Gasteiger partial charge in [-0.05, 0) is 12.8 Å². The molecule has 0 bridgehead atoms. The van der Waals surface area contributed by atoms with E-state index in [-0.39, 0.29) is 19.4 Å². The third-order valence-corrected chi connectivity index (χ3v) is 24.7. The summed E-state index contributed by atoms with van der Waals surface area (Å²) in [5.74, 6) is -1.44. The summed E-state index contributed by atoms with van der Waals surface area (Å²) in [6, 6.07) is -2.07. The lowest BCUT2D eigenvalue weighted by Crippen LogP contribution is -2.70. The van der Waals surface area contributed by atoms with Crippen molar-refractivity contribution in [3.8, 4) is 0 Å². The number of carbonyl (C=O) groups is 2. The maximum absolute atomic E-state index is 14.1. The van der Waals surface area contributed by atoms with Crippen molar-refractivity contribution in [3.63, 3.8) is 0 Å². The largest absolute Gasteiger partial charge is 0.472 e. The molecule has 0 amide bonds. The Bertz CT molecular complexity index is 3090. The summed E-state index contributed by atoms with van der Waals surface area (Å²) in [5, 5.41) is 233. The minimum Gasteiger partial charge on any atom is -0.462 e. The molecule has 7 fully saturated rings. The van der Waals surface area contributed by atoms with Crippen LogP contribution in [0.2, 0.25) is 0 Å². The first-order valence-electron chi connectivity index (χ1n) is 42.9. The van der Waals surface area contributed by atoms with E-state index in [9.17, 15) is 136 Å². The van der Waals surface area contributed by atoms with Crippen LogP contribution in [0.5, 0.6) is 0 Å². The summed E-state index contributed by atoms with van der Waals surface area (Å²) in [6.07, 6.45) is -55.8. The lowest BCUT2D eigenvalue weighted by molar-refractivity contribution is -0.389. The van der Waals surface area contributed by atoms with Crippen LogP contribution in [0.25, 0.3) is 0 Å². The van der Waals surface area contributed by atoms with Gasteiger partial charge in [-0.3, -0.25) is 27.7 Å². The van der Waals surface area contributed by atoms with Crippen molar-refractivity contribution in [1.29, 1.82) is 0 Å². The molecule has 0 spiro atoms. The smallest absolute Gasteiger partial charge is 0.462 e. The van der Waals surface area contributed by atoms with Gasteiger partial charge in [0.15, 0.2) is 43.8 Å². The molecule has 27 N–H and O–H groups in total. The number of rotatable bonds is 55. The Morgan fingerprint density at radius 3 is 1.21 bits per heavy atom. The van der Waals surface area contributed by atoms with E-state index in [4.69, 9.17) is 91.4 Å². The van der Waals surface area contributed by atoms with Crippen LogP contribution in [0, 0.1) is 0 Å². The number of phosphoric acid groups is 2. The molecule has 1 saturated carbocycles. The molecule has 0 aromatic rings. The van der Waals surface area contributed by atoms with Crippen LogP contribution in [0.1, 0.15) is 168 Å². The summed E-state index contributed by atoms with van der Waals surface area (Å²) >= 11 is 0. The zero-order valence-corrected chi connectivity index (χ0v) is 71.5. The van der Waals surface area contributed by atoms with Gasteiger partial charge < -0.3 is 195 Å². The number of hydrogen-bond donors (Lipinski definition) is 25. The van der Waals surface area contributed by atoms with E-state index in [1.165, 1.54) is 38.5 Å². The Kier molecular flexibility index (Phi) is 47.5. The first-order chi connectivity index (χ1) is 59.0. The minimum atomic E-state index is -5.70. The predicted octanol–water partition coefficient (Wildman–Crippen LogP) is -6.82. The van der Waals surface area contributed by atoms with Gasteiger partial charge in [0.1, 0.15) is 184 Å². The summed E-state index contributed by atoms with van der Waals surface area (Å²) < 4.78 is 128. The molecule has 7 rings (SSSR count). The van der Waals surface area contributed by atoms with Crippen molar-refractivity contribution in [2.45, 2.75) is 395 Å². The first kappa shape index (κ1) is 109. The number of esters is 2. The highest BCUT2D eigenvalue weighted by atomic mass is 31.2. The minimum absolute atomic E-state index is 0.00460. The molecule has 49 heteroatoms. The van der Waals surface area contributed by atoms with Crippen molar-refractivity contribution in [2.24, 2.45) is 11.5 Å². The lowest BCUT2D eigenvalue weighted by atomic mass is 9.84. The number of unbranched alkanes of at least 4 members (excludes halogenated alkanes) is 20. The van der Waals surface area contributed by atoms with Gasteiger partial charge >= 0.3 is 27.6 Å². The molecular formula is C75H138N2O45P2. The maximum atomic E-state index is 14.1. The van der Waals surface area contributed by atoms with Crippen LogP contribution in [-0.4, -0.2) is 422 Å². The van der Waals surface area contributed by atoms with Crippen LogP contribution in [0.4, 0.5) is 0 Å². The summed E-state index contributed by atoms with van der Waals surface area (Å²) in [4.78, 5) is 47.9. The standard InChI is InChI=1S/C75H138N2O45P2/c1-3-5-7-9-11-13-15-17-19-21-23-25-44(81)105-32-37(111-45(82)26-24-22-20-18-16-14-12-10-8-6-4-2)33-109-124(103,104)122-68-60(96)57(93)56(92)59(95)67(68)120-70-46(77)52(88)65(40(31-80)114-70)118-74-64(100)66(119-72-62(98)54(90)49(85)41(115-72)34-106-71-61(97)53(89)47(83)38(29-78)112-71)51(87)42(116-74)35-107-75-69(58(94)48(84)39(30-79)113-75)121-73-63(99)55(91)50(86)43(117-73)36-110-123(101,102)108-28-27-76/h37-43,46-75,78-80,83-100H,3-36,76-77H2,1-2H3,(H,101,102)(H,103,104)/t37-,38-,39-,40-,41-,42-,43-,46-,47+,48-,49+,50-,51-,52-,53+,54+,55+,56-,57-,58+,59+,60-,61-,62-,63+,64+,65-,66+,67-,68-,69+,70-,71+,72-,73-,74-,75+/m1/s1. The molecular weight excluding hydrogens is 1710 g/mol. The Morgan fingerprint density at radius 2 is 0.710 bits per heavy atom. The Balaban J connectivity index is 1.09. The number of nitrogens with two attached hydrogens (primary N) is 2. The van der Waals surface area contributed by atoms with Gasteiger partial charge in [0, 0.05) is 19.4 Å². The van der Waals surface area contributed by atoms with Crippen molar-refractivity contribution >= 4 is 27.6 Å². The van der Waals surface area contributed by atoms with Crippen LogP contribution < -0.4 is 11.5 Å². The van der Waals surface area contributed by atoms with Crippen LogP contribution in [0.15, 0.2) is 0 Å². The number of ether oxygens (including phenoxy) is 14. The summed E-state index contributed by atoms with van der Waals surface area (Å²) in [6.45, 7) is -4.49. The molecule has 0 radical (unpaired) electrons. The second-order valence-corrected chi connectivity index (χ2v) is 35.2. The van der Waals surface area contributed by atoms with E-state index < -0.39 is 314 Å². The van der Waals surface area contributed by atoms with Gasteiger partial charge in [0.05, 0.1) is 58.9 Å². The fraction of sp³-hybridized carbons (Fsp3) is 0.973. The third kappa shape index (κ3) is 31.7. The highest BCUT2D eigenvalue weighted by molar-refractivity contribution is 7.47.